The molecule has 0 saturated carbocycles. The van der Waals surface area contributed by atoms with Crippen molar-refractivity contribution < 1.29 is 28.6 Å². The third-order valence-electron chi connectivity index (χ3n) is 12.8. The van der Waals surface area contributed by atoms with Gasteiger partial charge in [-0.05, 0) is 37.0 Å². The molecule has 2 atom stereocenters. The van der Waals surface area contributed by atoms with Crippen LogP contribution in [0.3, 0.4) is 0 Å². The minimum atomic E-state index is -0.763. The van der Waals surface area contributed by atoms with Crippen molar-refractivity contribution in [3.8, 4) is 0 Å². The number of ether oxygens (including phenoxy) is 3. The third kappa shape index (κ3) is 47.7. The fraction of sp³-hybridized carbons (Fsp3) is 0.945. The van der Waals surface area contributed by atoms with E-state index in [-0.39, 0.29) is 31.1 Å². The van der Waals surface area contributed by atoms with Gasteiger partial charge >= 0.3 is 17.9 Å². The van der Waals surface area contributed by atoms with E-state index < -0.39 is 6.10 Å². The Bertz CT molecular complexity index is 947. The molecule has 0 aromatic rings. The van der Waals surface area contributed by atoms with Crippen LogP contribution < -0.4 is 0 Å². The molecule has 0 heterocycles. The van der Waals surface area contributed by atoms with Crippen molar-refractivity contribution in [2.24, 2.45) is 17.8 Å². The van der Waals surface area contributed by atoms with E-state index in [1.165, 1.54) is 180 Å². The van der Waals surface area contributed by atoms with Crippen LogP contribution in [0.4, 0.5) is 0 Å². The number of hydrogen-bond donors (Lipinski definition) is 0. The maximum Gasteiger partial charge on any atom is 0.306 e. The summed E-state index contributed by atoms with van der Waals surface area (Å²) in [7, 11) is 0. The van der Waals surface area contributed by atoms with Gasteiger partial charge in [-0.25, -0.2) is 0 Å². The molecule has 0 radical (unpaired) electrons. The maximum absolute atomic E-state index is 12.8. The van der Waals surface area contributed by atoms with Gasteiger partial charge in [-0.2, -0.15) is 0 Å². The zero-order valence-corrected chi connectivity index (χ0v) is 42.0. The van der Waals surface area contributed by atoms with Crippen molar-refractivity contribution in [2.45, 2.75) is 304 Å². The summed E-state index contributed by atoms with van der Waals surface area (Å²) >= 11 is 0. The number of rotatable bonds is 48. The molecule has 1 unspecified atom stereocenters. The molecule has 0 aliphatic rings. The van der Waals surface area contributed by atoms with Crippen LogP contribution in [0.5, 0.6) is 0 Å². The molecular weight excluding hydrogens is 757 g/mol. The van der Waals surface area contributed by atoms with Gasteiger partial charge in [-0.1, -0.05) is 260 Å². The molecule has 0 N–H and O–H groups in total. The Kier molecular flexibility index (Phi) is 45.2. The van der Waals surface area contributed by atoms with Gasteiger partial charge in [0.05, 0.1) is 0 Å². The molecule has 0 spiro atoms. The normalized spacial score (nSPS) is 12.6. The van der Waals surface area contributed by atoms with Gasteiger partial charge in [0.2, 0.25) is 0 Å². The topological polar surface area (TPSA) is 78.9 Å². The number of carbonyl (C=O) groups excluding carboxylic acids is 3. The summed E-state index contributed by atoms with van der Waals surface area (Å²) in [5, 5.41) is 0. The van der Waals surface area contributed by atoms with Gasteiger partial charge in [-0.3, -0.25) is 14.4 Å². The highest BCUT2D eigenvalue weighted by molar-refractivity contribution is 5.71. The summed E-state index contributed by atoms with van der Waals surface area (Å²) in [6, 6.07) is 0. The lowest BCUT2D eigenvalue weighted by atomic mass is 9.99. The van der Waals surface area contributed by atoms with Crippen LogP contribution in [-0.4, -0.2) is 37.2 Å². The molecule has 0 aliphatic carbocycles. The van der Waals surface area contributed by atoms with Gasteiger partial charge in [0.15, 0.2) is 6.10 Å². The predicted octanol–water partition coefficient (Wildman–Crippen LogP) is 17.6. The zero-order valence-electron chi connectivity index (χ0n) is 42.0. The monoisotopic (exact) mass is 863 g/mol. The molecule has 0 aromatic heterocycles. The lowest BCUT2D eigenvalue weighted by Gasteiger charge is -2.18. The van der Waals surface area contributed by atoms with E-state index in [0.717, 1.165) is 75.5 Å². The SMILES string of the molecule is CCC(C)CCCCCCCCCCCCC(=O)OC[C@H](COC(=O)CCCCCCCCCCCC(C)C)OC(=O)CCCCCCCCCCCCCCCCC(C)C. The lowest BCUT2D eigenvalue weighted by molar-refractivity contribution is -0.167. The molecule has 0 aromatic carbocycles. The molecule has 61 heavy (non-hydrogen) atoms. The third-order valence-corrected chi connectivity index (χ3v) is 12.8. The van der Waals surface area contributed by atoms with Crippen LogP contribution >= 0.6 is 0 Å². The van der Waals surface area contributed by atoms with E-state index in [9.17, 15) is 14.4 Å². The highest BCUT2D eigenvalue weighted by Crippen LogP contribution is 2.18. The van der Waals surface area contributed by atoms with Crippen molar-refractivity contribution in [3.05, 3.63) is 0 Å². The smallest absolute Gasteiger partial charge is 0.306 e. The maximum atomic E-state index is 12.8. The van der Waals surface area contributed by atoms with E-state index in [2.05, 4.69) is 41.5 Å². The van der Waals surface area contributed by atoms with Gasteiger partial charge in [0.25, 0.3) is 0 Å². The van der Waals surface area contributed by atoms with Crippen molar-refractivity contribution in [1.82, 2.24) is 0 Å². The van der Waals surface area contributed by atoms with Gasteiger partial charge < -0.3 is 14.2 Å². The molecule has 0 saturated heterocycles. The zero-order chi connectivity index (χ0) is 44.9. The summed E-state index contributed by atoms with van der Waals surface area (Å²) in [4.78, 5) is 38.0. The van der Waals surface area contributed by atoms with Crippen LogP contribution in [-0.2, 0) is 28.6 Å². The van der Waals surface area contributed by atoms with Crippen LogP contribution in [0.1, 0.15) is 298 Å². The summed E-state index contributed by atoms with van der Waals surface area (Å²) in [6.07, 6.45) is 46.6. The summed E-state index contributed by atoms with van der Waals surface area (Å²) in [5.74, 6) is 1.67. The average molecular weight is 863 g/mol. The van der Waals surface area contributed by atoms with Crippen LogP contribution in [0.25, 0.3) is 0 Å². The molecule has 0 fully saturated rings. The van der Waals surface area contributed by atoms with Gasteiger partial charge in [0.1, 0.15) is 13.2 Å². The van der Waals surface area contributed by atoms with Gasteiger partial charge in [0, 0.05) is 19.3 Å². The first-order valence-electron chi connectivity index (χ1n) is 27.1. The molecule has 0 rings (SSSR count). The second-order valence-electron chi connectivity index (χ2n) is 20.1. The molecule has 0 amide bonds. The average Bonchev–Trinajstić information content (AvgIpc) is 3.23. The number of esters is 3. The van der Waals surface area contributed by atoms with E-state index in [0.29, 0.717) is 19.3 Å². The molecular formula is C55H106O6. The van der Waals surface area contributed by atoms with E-state index in [1.807, 2.05) is 0 Å². The first kappa shape index (κ1) is 59.4. The quantitative estimate of drug-likeness (QED) is 0.0344. The van der Waals surface area contributed by atoms with Crippen molar-refractivity contribution in [2.75, 3.05) is 13.2 Å². The minimum Gasteiger partial charge on any atom is -0.462 e. The van der Waals surface area contributed by atoms with E-state index in [1.54, 1.807) is 0 Å². The summed E-state index contributed by atoms with van der Waals surface area (Å²) in [5.41, 5.74) is 0. The van der Waals surface area contributed by atoms with Crippen molar-refractivity contribution in [1.29, 1.82) is 0 Å². The molecule has 362 valence electrons. The Morgan fingerprint density at radius 3 is 0.852 bits per heavy atom. The molecule has 6 nitrogen and oxygen atoms in total. The first-order valence-corrected chi connectivity index (χ1v) is 27.1. The highest BCUT2D eigenvalue weighted by Gasteiger charge is 2.19. The van der Waals surface area contributed by atoms with E-state index in [4.69, 9.17) is 14.2 Å². The second-order valence-corrected chi connectivity index (χ2v) is 20.1. The fourth-order valence-corrected chi connectivity index (χ4v) is 8.26. The number of carbonyl (C=O) groups is 3. The lowest BCUT2D eigenvalue weighted by Crippen LogP contribution is -2.30. The predicted molar refractivity (Wildman–Crippen MR) is 261 cm³/mol. The van der Waals surface area contributed by atoms with Crippen LogP contribution in [0.15, 0.2) is 0 Å². The molecule has 6 heteroatoms. The van der Waals surface area contributed by atoms with Crippen LogP contribution in [0, 0.1) is 17.8 Å². The highest BCUT2D eigenvalue weighted by atomic mass is 16.6. The second kappa shape index (κ2) is 46.4. The number of hydrogen-bond acceptors (Lipinski definition) is 6. The van der Waals surface area contributed by atoms with Crippen molar-refractivity contribution in [3.63, 3.8) is 0 Å². The molecule has 0 aliphatic heterocycles. The largest absolute Gasteiger partial charge is 0.462 e. The molecule has 0 bridgehead atoms. The summed E-state index contributed by atoms with van der Waals surface area (Å²) < 4.78 is 16.8. The Labute approximate surface area is 380 Å². The Hall–Kier alpha value is -1.59. The fourth-order valence-electron chi connectivity index (χ4n) is 8.26. The summed E-state index contributed by atoms with van der Waals surface area (Å²) in [6.45, 7) is 13.7. The van der Waals surface area contributed by atoms with Crippen molar-refractivity contribution >= 4 is 17.9 Å². The van der Waals surface area contributed by atoms with E-state index >= 15 is 0 Å². The standard InChI is InChI=1S/C55H106O6/c1-7-51(6)43-37-31-25-19-14-15-20-26-32-38-44-53(56)59-47-52(48-60-54(57)45-39-33-27-22-16-18-24-30-36-42-50(4)5)61-55(58)46-40-34-28-21-13-11-9-8-10-12-17-23-29-35-41-49(2)3/h49-52H,7-48H2,1-6H3/t51?,52-/m1/s1. The Morgan fingerprint density at radius 2 is 0.574 bits per heavy atom. The minimum absolute atomic E-state index is 0.0645. The first-order chi connectivity index (χ1) is 29.6. The van der Waals surface area contributed by atoms with Gasteiger partial charge in [-0.15, -0.1) is 0 Å². The Balaban J connectivity index is 4.32. The Morgan fingerprint density at radius 1 is 0.328 bits per heavy atom. The van der Waals surface area contributed by atoms with Crippen LogP contribution in [0.2, 0.25) is 0 Å². The number of unbranched alkanes of at least 4 members (excludes halogenated alkanes) is 30.